The highest BCUT2D eigenvalue weighted by atomic mass is 14.8. The van der Waals surface area contributed by atoms with E-state index in [9.17, 15) is 0 Å². The van der Waals surface area contributed by atoms with Crippen LogP contribution in [0.5, 0.6) is 0 Å². The minimum atomic E-state index is -0.0804. The summed E-state index contributed by atoms with van der Waals surface area (Å²) >= 11 is 0. The van der Waals surface area contributed by atoms with Crippen molar-refractivity contribution >= 4 is 0 Å². The first-order chi connectivity index (χ1) is 7.29. The Kier molecular flexibility index (Phi) is 2.74. The first kappa shape index (κ1) is 9.80. The number of nitrogens with zero attached hydrogens (tertiary/aromatic N) is 2. The van der Waals surface area contributed by atoms with Crippen molar-refractivity contribution in [2.24, 2.45) is 5.73 Å². The van der Waals surface area contributed by atoms with Crippen LogP contribution in [0.2, 0.25) is 0 Å². The highest BCUT2D eigenvalue weighted by Crippen LogP contribution is 2.22. The van der Waals surface area contributed by atoms with Crippen molar-refractivity contribution in [1.29, 1.82) is 0 Å². The van der Waals surface area contributed by atoms with Crippen molar-refractivity contribution < 1.29 is 0 Å². The Balaban J connectivity index is 2.53. The molecule has 0 aliphatic rings. The average Bonchev–Trinajstić information content (AvgIpc) is 2.30. The van der Waals surface area contributed by atoms with Gasteiger partial charge in [0.25, 0.3) is 0 Å². The Morgan fingerprint density at radius 2 is 1.87 bits per heavy atom. The maximum atomic E-state index is 5.86. The third-order valence-corrected chi connectivity index (χ3v) is 2.21. The van der Waals surface area contributed by atoms with Gasteiger partial charge in [0.05, 0.1) is 11.4 Å². The topological polar surface area (TPSA) is 51.8 Å². The van der Waals surface area contributed by atoms with Crippen LogP contribution in [0.4, 0.5) is 0 Å². The molecule has 2 aromatic rings. The fraction of sp³-hybridized carbons (Fsp3) is 0.167. The summed E-state index contributed by atoms with van der Waals surface area (Å²) in [6.07, 6.45) is 3.53. The van der Waals surface area contributed by atoms with Crippen LogP contribution in [0, 0.1) is 0 Å². The highest BCUT2D eigenvalue weighted by Gasteiger charge is 2.09. The lowest BCUT2D eigenvalue weighted by Crippen LogP contribution is -2.09. The van der Waals surface area contributed by atoms with E-state index in [1.165, 1.54) is 0 Å². The van der Waals surface area contributed by atoms with Gasteiger partial charge < -0.3 is 5.73 Å². The van der Waals surface area contributed by atoms with E-state index in [1.54, 1.807) is 12.4 Å². The average molecular weight is 199 g/mol. The van der Waals surface area contributed by atoms with Crippen molar-refractivity contribution in [3.05, 3.63) is 48.4 Å². The molecular formula is C12H13N3. The largest absolute Gasteiger partial charge is 0.323 e. The Labute approximate surface area is 89.0 Å². The third kappa shape index (κ3) is 2.02. The normalized spacial score (nSPS) is 12.4. The van der Waals surface area contributed by atoms with E-state index in [4.69, 9.17) is 5.73 Å². The van der Waals surface area contributed by atoms with Gasteiger partial charge in [-0.25, -0.2) is 0 Å². The quantitative estimate of drug-likeness (QED) is 0.806. The second-order valence-corrected chi connectivity index (χ2v) is 3.44. The molecule has 2 N–H and O–H groups in total. The fourth-order valence-electron chi connectivity index (χ4n) is 1.52. The van der Waals surface area contributed by atoms with Crippen LogP contribution in [0.25, 0.3) is 11.3 Å². The molecule has 0 bridgehead atoms. The monoisotopic (exact) mass is 199 g/mol. The molecule has 0 aliphatic carbocycles. The molecule has 0 saturated carbocycles. The van der Waals surface area contributed by atoms with E-state index in [0.29, 0.717) is 0 Å². The van der Waals surface area contributed by atoms with Crippen LogP contribution >= 0.6 is 0 Å². The summed E-state index contributed by atoms with van der Waals surface area (Å²) in [6, 6.07) is 9.63. The molecule has 0 amide bonds. The maximum Gasteiger partial charge on any atom is 0.0720 e. The summed E-state index contributed by atoms with van der Waals surface area (Å²) in [7, 11) is 0. The molecule has 3 nitrogen and oxygen atoms in total. The first-order valence-corrected chi connectivity index (χ1v) is 4.91. The number of hydrogen-bond acceptors (Lipinski definition) is 3. The van der Waals surface area contributed by atoms with Crippen molar-refractivity contribution in [1.82, 2.24) is 9.97 Å². The zero-order valence-electron chi connectivity index (χ0n) is 8.59. The number of rotatable bonds is 2. The smallest absolute Gasteiger partial charge is 0.0720 e. The van der Waals surface area contributed by atoms with Gasteiger partial charge >= 0.3 is 0 Å². The minimum absolute atomic E-state index is 0.0804. The molecule has 76 valence electrons. The predicted molar refractivity (Wildman–Crippen MR) is 60.1 cm³/mol. The number of aromatic nitrogens is 2. The molecule has 2 rings (SSSR count). The summed E-state index contributed by atoms with van der Waals surface area (Å²) in [5, 5.41) is 0. The second kappa shape index (κ2) is 4.19. The maximum absolute atomic E-state index is 5.86. The van der Waals surface area contributed by atoms with E-state index in [1.807, 2.05) is 37.3 Å². The molecule has 1 unspecified atom stereocenters. The summed E-state index contributed by atoms with van der Waals surface area (Å²) in [5.74, 6) is 0. The van der Waals surface area contributed by atoms with Crippen LogP contribution in [0.1, 0.15) is 18.7 Å². The molecule has 3 heteroatoms. The SMILES string of the molecule is CC(N)c1ncccc1-c1ccccn1. The van der Waals surface area contributed by atoms with Gasteiger partial charge in [-0.2, -0.15) is 0 Å². The van der Waals surface area contributed by atoms with E-state index in [2.05, 4.69) is 9.97 Å². The summed E-state index contributed by atoms with van der Waals surface area (Å²) in [4.78, 5) is 8.59. The van der Waals surface area contributed by atoms with Crippen LogP contribution in [-0.4, -0.2) is 9.97 Å². The second-order valence-electron chi connectivity index (χ2n) is 3.44. The molecule has 0 saturated heterocycles. The molecule has 15 heavy (non-hydrogen) atoms. The lowest BCUT2D eigenvalue weighted by Gasteiger charge is -2.10. The molecule has 0 radical (unpaired) electrons. The fourth-order valence-corrected chi connectivity index (χ4v) is 1.52. The lowest BCUT2D eigenvalue weighted by atomic mass is 10.1. The summed E-state index contributed by atoms with van der Waals surface area (Å²) in [6.45, 7) is 1.93. The van der Waals surface area contributed by atoms with Gasteiger partial charge in [0.15, 0.2) is 0 Å². The zero-order valence-corrected chi connectivity index (χ0v) is 8.59. The Hall–Kier alpha value is -1.74. The molecule has 2 aromatic heterocycles. The van der Waals surface area contributed by atoms with Gasteiger partial charge in [-0.15, -0.1) is 0 Å². The molecule has 2 heterocycles. The van der Waals surface area contributed by atoms with Crippen molar-refractivity contribution in [2.75, 3.05) is 0 Å². The minimum Gasteiger partial charge on any atom is -0.323 e. The van der Waals surface area contributed by atoms with Crippen molar-refractivity contribution in [2.45, 2.75) is 13.0 Å². The van der Waals surface area contributed by atoms with Gasteiger partial charge in [0.1, 0.15) is 0 Å². The van der Waals surface area contributed by atoms with E-state index >= 15 is 0 Å². The molecular weight excluding hydrogens is 186 g/mol. The third-order valence-electron chi connectivity index (χ3n) is 2.21. The molecule has 0 fully saturated rings. The van der Waals surface area contributed by atoms with Gasteiger partial charge in [-0.1, -0.05) is 6.07 Å². The van der Waals surface area contributed by atoms with Gasteiger partial charge in [-0.3, -0.25) is 9.97 Å². The number of nitrogens with two attached hydrogens (primary N) is 1. The zero-order chi connectivity index (χ0) is 10.7. The van der Waals surface area contributed by atoms with Crippen LogP contribution < -0.4 is 5.73 Å². The predicted octanol–water partition coefficient (Wildman–Crippen LogP) is 2.16. The number of pyridine rings is 2. The van der Waals surface area contributed by atoms with Crippen LogP contribution in [-0.2, 0) is 0 Å². The van der Waals surface area contributed by atoms with Crippen molar-refractivity contribution in [3.8, 4) is 11.3 Å². The summed E-state index contributed by atoms with van der Waals surface area (Å²) < 4.78 is 0. The van der Waals surface area contributed by atoms with E-state index in [0.717, 1.165) is 17.0 Å². The molecule has 1 atom stereocenters. The van der Waals surface area contributed by atoms with Crippen LogP contribution in [0.15, 0.2) is 42.7 Å². The molecule has 0 aromatic carbocycles. The Morgan fingerprint density at radius 3 is 2.53 bits per heavy atom. The molecule has 0 spiro atoms. The van der Waals surface area contributed by atoms with E-state index < -0.39 is 0 Å². The van der Waals surface area contributed by atoms with Crippen molar-refractivity contribution in [3.63, 3.8) is 0 Å². The van der Waals surface area contributed by atoms with E-state index in [-0.39, 0.29) is 6.04 Å². The highest BCUT2D eigenvalue weighted by molar-refractivity contribution is 5.61. The Bertz CT molecular complexity index is 438. The van der Waals surface area contributed by atoms with Gasteiger partial charge in [-0.05, 0) is 31.2 Å². The van der Waals surface area contributed by atoms with Gasteiger partial charge in [0.2, 0.25) is 0 Å². The standard InChI is InChI=1S/C12H13N3/c1-9(13)12-10(5-4-8-15-12)11-6-2-3-7-14-11/h2-9H,13H2,1H3. The summed E-state index contributed by atoms with van der Waals surface area (Å²) in [5.41, 5.74) is 8.67. The first-order valence-electron chi connectivity index (χ1n) is 4.91. The Morgan fingerprint density at radius 1 is 1.07 bits per heavy atom. The van der Waals surface area contributed by atoms with Gasteiger partial charge in [0, 0.05) is 24.0 Å². The van der Waals surface area contributed by atoms with Crippen LogP contribution in [0.3, 0.4) is 0 Å². The molecule has 0 aliphatic heterocycles. The lowest BCUT2D eigenvalue weighted by molar-refractivity contribution is 0.783. The number of hydrogen-bond donors (Lipinski definition) is 1.